The topological polar surface area (TPSA) is 41.9 Å². The molecule has 1 aliphatic carbocycles. The summed E-state index contributed by atoms with van der Waals surface area (Å²) >= 11 is 0. The Morgan fingerprint density at radius 3 is 2.67 bits per heavy atom. The SMILES string of the molecule is c1nn(C2CCNCC2)cc1NC1CCCCC1. The van der Waals surface area contributed by atoms with E-state index in [0.29, 0.717) is 12.1 Å². The molecule has 2 fully saturated rings. The van der Waals surface area contributed by atoms with Crippen molar-refractivity contribution in [2.24, 2.45) is 0 Å². The summed E-state index contributed by atoms with van der Waals surface area (Å²) in [5.41, 5.74) is 1.21. The van der Waals surface area contributed by atoms with E-state index < -0.39 is 0 Å². The van der Waals surface area contributed by atoms with Crippen molar-refractivity contribution in [3.05, 3.63) is 12.4 Å². The Balaban J connectivity index is 1.58. The van der Waals surface area contributed by atoms with Gasteiger partial charge in [0, 0.05) is 12.2 Å². The molecule has 0 spiro atoms. The van der Waals surface area contributed by atoms with E-state index in [9.17, 15) is 0 Å². The molecular formula is C14H24N4. The minimum Gasteiger partial charge on any atom is -0.380 e. The van der Waals surface area contributed by atoms with Gasteiger partial charge in [-0.1, -0.05) is 19.3 Å². The molecule has 2 N–H and O–H groups in total. The van der Waals surface area contributed by atoms with E-state index in [2.05, 4.69) is 26.6 Å². The second-order valence-corrected chi connectivity index (χ2v) is 5.67. The summed E-state index contributed by atoms with van der Waals surface area (Å²) < 4.78 is 2.16. The molecule has 0 bridgehead atoms. The molecule has 1 aromatic rings. The molecule has 2 aliphatic rings. The molecule has 0 amide bonds. The maximum Gasteiger partial charge on any atom is 0.0728 e. The zero-order valence-corrected chi connectivity index (χ0v) is 11.1. The number of nitrogens with zero attached hydrogens (tertiary/aromatic N) is 2. The van der Waals surface area contributed by atoms with Gasteiger partial charge in [0.05, 0.1) is 17.9 Å². The van der Waals surface area contributed by atoms with Crippen LogP contribution in [0.2, 0.25) is 0 Å². The van der Waals surface area contributed by atoms with Gasteiger partial charge in [-0.15, -0.1) is 0 Å². The summed E-state index contributed by atoms with van der Waals surface area (Å²) in [5, 5.41) is 11.6. The Morgan fingerprint density at radius 2 is 1.89 bits per heavy atom. The highest BCUT2D eigenvalue weighted by molar-refractivity contribution is 5.39. The normalized spacial score (nSPS) is 23.1. The van der Waals surface area contributed by atoms with Crippen LogP contribution >= 0.6 is 0 Å². The minimum absolute atomic E-state index is 0.591. The molecule has 18 heavy (non-hydrogen) atoms. The first kappa shape index (κ1) is 12.0. The lowest BCUT2D eigenvalue weighted by Gasteiger charge is -2.24. The van der Waals surface area contributed by atoms with Crippen molar-refractivity contribution < 1.29 is 0 Å². The first-order valence-electron chi connectivity index (χ1n) is 7.43. The van der Waals surface area contributed by atoms with Crippen LogP contribution < -0.4 is 10.6 Å². The summed E-state index contributed by atoms with van der Waals surface area (Å²) in [6.07, 6.45) is 13.4. The van der Waals surface area contributed by atoms with Crippen LogP contribution in [0.1, 0.15) is 51.0 Å². The van der Waals surface area contributed by atoms with Crippen molar-refractivity contribution in [3.8, 4) is 0 Å². The summed E-state index contributed by atoms with van der Waals surface area (Å²) in [6.45, 7) is 2.24. The second-order valence-electron chi connectivity index (χ2n) is 5.67. The van der Waals surface area contributed by atoms with Crippen LogP contribution in [0.25, 0.3) is 0 Å². The molecule has 4 heteroatoms. The maximum absolute atomic E-state index is 4.53. The lowest BCUT2D eigenvalue weighted by atomic mass is 9.95. The van der Waals surface area contributed by atoms with Gasteiger partial charge in [0.25, 0.3) is 0 Å². The van der Waals surface area contributed by atoms with E-state index in [1.54, 1.807) is 0 Å². The fourth-order valence-electron chi connectivity index (χ4n) is 3.17. The first-order chi connectivity index (χ1) is 8.92. The average molecular weight is 248 g/mol. The van der Waals surface area contributed by atoms with E-state index in [1.807, 2.05) is 6.20 Å². The summed E-state index contributed by atoms with van der Waals surface area (Å²) in [6, 6.07) is 1.26. The van der Waals surface area contributed by atoms with E-state index in [4.69, 9.17) is 0 Å². The number of anilines is 1. The monoisotopic (exact) mass is 248 g/mol. The predicted octanol–water partition coefficient (Wildman–Crippen LogP) is 2.55. The Kier molecular flexibility index (Phi) is 3.84. The van der Waals surface area contributed by atoms with Gasteiger partial charge in [0.1, 0.15) is 0 Å². The fraction of sp³-hybridized carbons (Fsp3) is 0.786. The highest BCUT2D eigenvalue weighted by atomic mass is 15.3. The third-order valence-electron chi connectivity index (χ3n) is 4.26. The van der Waals surface area contributed by atoms with Crippen molar-refractivity contribution >= 4 is 5.69 Å². The van der Waals surface area contributed by atoms with E-state index in [-0.39, 0.29) is 0 Å². The van der Waals surface area contributed by atoms with Gasteiger partial charge in [-0.05, 0) is 38.8 Å². The first-order valence-corrected chi connectivity index (χ1v) is 7.43. The Bertz CT molecular complexity index is 362. The molecule has 0 radical (unpaired) electrons. The number of rotatable bonds is 3. The van der Waals surface area contributed by atoms with Crippen molar-refractivity contribution in [2.45, 2.75) is 57.0 Å². The van der Waals surface area contributed by atoms with Gasteiger partial charge in [-0.3, -0.25) is 4.68 Å². The highest BCUT2D eigenvalue weighted by Gasteiger charge is 2.17. The minimum atomic E-state index is 0.591. The number of aromatic nitrogens is 2. The van der Waals surface area contributed by atoms with Crippen LogP contribution in [-0.2, 0) is 0 Å². The van der Waals surface area contributed by atoms with Crippen LogP contribution in [0.3, 0.4) is 0 Å². The number of hydrogen-bond acceptors (Lipinski definition) is 3. The van der Waals surface area contributed by atoms with E-state index in [0.717, 1.165) is 13.1 Å². The molecule has 4 nitrogen and oxygen atoms in total. The van der Waals surface area contributed by atoms with Crippen LogP contribution in [0, 0.1) is 0 Å². The molecular weight excluding hydrogens is 224 g/mol. The van der Waals surface area contributed by atoms with Crippen LogP contribution in [0.4, 0.5) is 5.69 Å². The van der Waals surface area contributed by atoms with E-state index >= 15 is 0 Å². The van der Waals surface area contributed by atoms with Gasteiger partial charge < -0.3 is 10.6 Å². The molecule has 0 atom stereocenters. The summed E-state index contributed by atoms with van der Waals surface area (Å²) in [7, 11) is 0. The molecule has 1 saturated carbocycles. The Labute approximate surface area is 109 Å². The zero-order chi connectivity index (χ0) is 12.2. The van der Waals surface area contributed by atoms with Gasteiger partial charge in [-0.2, -0.15) is 5.10 Å². The smallest absolute Gasteiger partial charge is 0.0728 e. The molecule has 0 aromatic carbocycles. The second kappa shape index (κ2) is 5.74. The van der Waals surface area contributed by atoms with Crippen molar-refractivity contribution in [1.82, 2.24) is 15.1 Å². The predicted molar refractivity (Wildman–Crippen MR) is 73.9 cm³/mol. The quantitative estimate of drug-likeness (QED) is 0.864. The lowest BCUT2D eigenvalue weighted by molar-refractivity contribution is 0.343. The molecule has 0 unspecified atom stereocenters. The molecule has 1 aromatic heterocycles. The number of hydrogen-bond donors (Lipinski definition) is 2. The number of piperidine rings is 1. The summed E-state index contributed by atoms with van der Waals surface area (Å²) in [5.74, 6) is 0. The molecule has 2 heterocycles. The lowest BCUT2D eigenvalue weighted by Crippen LogP contribution is -2.29. The highest BCUT2D eigenvalue weighted by Crippen LogP contribution is 2.23. The van der Waals surface area contributed by atoms with Crippen LogP contribution in [-0.4, -0.2) is 28.9 Å². The summed E-state index contributed by atoms with van der Waals surface area (Å²) in [4.78, 5) is 0. The van der Waals surface area contributed by atoms with Crippen molar-refractivity contribution in [3.63, 3.8) is 0 Å². The van der Waals surface area contributed by atoms with Gasteiger partial charge in [0.15, 0.2) is 0 Å². The standard InChI is InChI=1S/C14H24N4/c1-2-4-12(5-3-1)17-13-10-16-18(11-13)14-6-8-15-9-7-14/h10-12,14-15,17H,1-9H2. The number of nitrogens with one attached hydrogen (secondary N) is 2. The third-order valence-corrected chi connectivity index (χ3v) is 4.26. The van der Waals surface area contributed by atoms with E-state index in [1.165, 1.54) is 50.6 Å². The molecule has 3 rings (SSSR count). The van der Waals surface area contributed by atoms with Crippen LogP contribution in [0.15, 0.2) is 12.4 Å². The largest absolute Gasteiger partial charge is 0.380 e. The zero-order valence-electron chi connectivity index (χ0n) is 11.1. The Morgan fingerprint density at radius 1 is 1.11 bits per heavy atom. The van der Waals surface area contributed by atoms with Crippen LogP contribution in [0.5, 0.6) is 0 Å². The molecule has 1 aliphatic heterocycles. The van der Waals surface area contributed by atoms with Crippen molar-refractivity contribution in [2.75, 3.05) is 18.4 Å². The fourth-order valence-corrected chi connectivity index (χ4v) is 3.17. The Hall–Kier alpha value is -1.03. The van der Waals surface area contributed by atoms with Gasteiger partial charge >= 0.3 is 0 Å². The van der Waals surface area contributed by atoms with Gasteiger partial charge in [0.2, 0.25) is 0 Å². The molecule has 1 saturated heterocycles. The maximum atomic E-state index is 4.53. The molecule has 100 valence electrons. The third kappa shape index (κ3) is 2.86. The average Bonchev–Trinajstić information content (AvgIpc) is 2.89. The van der Waals surface area contributed by atoms with Crippen molar-refractivity contribution in [1.29, 1.82) is 0 Å². The van der Waals surface area contributed by atoms with Gasteiger partial charge in [-0.25, -0.2) is 0 Å².